The molecule has 0 spiro atoms. The molecule has 0 aliphatic heterocycles. The van der Waals surface area contributed by atoms with Crippen LogP contribution in [0.2, 0.25) is 0 Å². The monoisotopic (exact) mass is 356 g/mol. The number of unbranched alkanes of at least 4 members (excludes halogenated alkanes) is 1. The number of hydrogen-bond donors (Lipinski definition) is 2. The molecule has 0 saturated heterocycles. The highest BCUT2D eigenvalue weighted by molar-refractivity contribution is 6.00. The number of ether oxygens (including phenoxy) is 2. The van der Waals surface area contributed by atoms with Gasteiger partial charge in [0.1, 0.15) is 5.75 Å². The number of benzene rings is 2. The maximum atomic E-state index is 12.2. The van der Waals surface area contributed by atoms with Crippen LogP contribution in [-0.2, 0) is 11.3 Å². The highest BCUT2D eigenvalue weighted by Gasteiger charge is 2.14. The number of carbonyl (C=O) groups is 2. The van der Waals surface area contributed by atoms with Crippen LogP contribution in [0.15, 0.2) is 48.5 Å². The highest BCUT2D eigenvalue weighted by Crippen LogP contribution is 2.16. The minimum absolute atomic E-state index is 0.336. The number of methoxy groups -OCH3 is 1. The number of nitrogens with one attached hydrogen (secondary N) is 2. The standard InChI is InChI=1S/C20H24N2O4/c1-3-4-13-26-19(23)17-7-5-6-8-18(17)22-20(24)21-14-15-9-11-16(25-2)12-10-15/h5-12H,3-4,13-14H2,1-2H3,(H2,21,22,24). The van der Waals surface area contributed by atoms with Crippen molar-refractivity contribution in [2.75, 3.05) is 19.0 Å². The molecule has 6 nitrogen and oxygen atoms in total. The van der Waals surface area contributed by atoms with Gasteiger partial charge in [0.2, 0.25) is 0 Å². The zero-order valence-electron chi connectivity index (χ0n) is 15.1. The quantitative estimate of drug-likeness (QED) is 0.554. The Morgan fingerprint density at radius 1 is 1.04 bits per heavy atom. The summed E-state index contributed by atoms with van der Waals surface area (Å²) in [6, 6.07) is 13.8. The number of anilines is 1. The highest BCUT2D eigenvalue weighted by atomic mass is 16.5. The summed E-state index contributed by atoms with van der Waals surface area (Å²) < 4.78 is 10.3. The number of carbonyl (C=O) groups excluding carboxylic acids is 2. The van der Waals surface area contributed by atoms with Crippen LogP contribution in [0.1, 0.15) is 35.7 Å². The number of esters is 1. The molecular weight excluding hydrogens is 332 g/mol. The number of urea groups is 1. The van der Waals surface area contributed by atoms with Gasteiger partial charge in [-0.15, -0.1) is 0 Å². The van der Waals surface area contributed by atoms with Crippen LogP contribution in [0.5, 0.6) is 5.75 Å². The van der Waals surface area contributed by atoms with E-state index in [9.17, 15) is 9.59 Å². The fourth-order valence-electron chi connectivity index (χ4n) is 2.25. The first-order chi connectivity index (χ1) is 12.6. The predicted molar refractivity (Wildman–Crippen MR) is 100 cm³/mol. The van der Waals surface area contributed by atoms with E-state index < -0.39 is 12.0 Å². The molecule has 0 aromatic heterocycles. The van der Waals surface area contributed by atoms with Gasteiger partial charge >= 0.3 is 12.0 Å². The van der Waals surface area contributed by atoms with Crippen molar-refractivity contribution in [1.82, 2.24) is 5.32 Å². The van der Waals surface area contributed by atoms with Crippen molar-refractivity contribution in [3.63, 3.8) is 0 Å². The van der Waals surface area contributed by atoms with Crippen LogP contribution in [0.4, 0.5) is 10.5 Å². The van der Waals surface area contributed by atoms with E-state index in [0.717, 1.165) is 24.2 Å². The Kier molecular flexibility index (Phi) is 7.49. The van der Waals surface area contributed by atoms with E-state index in [-0.39, 0.29) is 0 Å². The summed E-state index contributed by atoms with van der Waals surface area (Å²) in [5.74, 6) is 0.318. The third kappa shape index (κ3) is 5.81. The smallest absolute Gasteiger partial charge is 0.340 e. The van der Waals surface area contributed by atoms with Gasteiger partial charge < -0.3 is 20.1 Å². The van der Waals surface area contributed by atoms with Gasteiger partial charge in [-0.25, -0.2) is 9.59 Å². The van der Waals surface area contributed by atoms with Crippen molar-refractivity contribution in [2.45, 2.75) is 26.3 Å². The summed E-state index contributed by atoms with van der Waals surface area (Å²) in [5, 5.41) is 5.46. The topological polar surface area (TPSA) is 76.7 Å². The lowest BCUT2D eigenvalue weighted by Crippen LogP contribution is -2.29. The summed E-state index contributed by atoms with van der Waals surface area (Å²) in [5.41, 5.74) is 1.69. The average Bonchev–Trinajstić information content (AvgIpc) is 2.67. The molecule has 2 aromatic carbocycles. The Morgan fingerprint density at radius 2 is 1.77 bits per heavy atom. The molecule has 0 atom stereocenters. The Morgan fingerprint density at radius 3 is 2.46 bits per heavy atom. The molecule has 0 unspecified atom stereocenters. The first-order valence-electron chi connectivity index (χ1n) is 8.58. The van der Waals surface area contributed by atoms with E-state index in [2.05, 4.69) is 10.6 Å². The molecule has 138 valence electrons. The Bertz CT molecular complexity index is 729. The molecule has 0 radical (unpaired) electrons. The molecule has 6 heteroatoms. The molecule has 0 aliphatic rings. The molecule has 0 bridgehead atoms. The Labute approximate surface area is 153 Å². The van der Waals surface area contributed by atoms with Gasteiger partial charge in [0.25, 0.3) is 0 Å². The Balaban J connectivity index is 1.92. The van der Waals surface area contributed by atoms with Gasteiger partial charge in [0, 0.05) is 6.54 Å². The van der Waals surface area contributed by atoms with Crippen LogP contribution >= 0.6 is 0 Å². The third-order valence-electron chi connectivity index (χ3n) is 3.74. The van der Waals surface area contributed by atoms with Crippen molar-refractivity contribution in [2.24, 2.45) is 0 Å². The normalized spacial score (nSPS) is 10.1. The zero-order chi connectivity index (χ0) is 18.8. The summed E-state index contributed by atoms with van der Waals surface area (Å²) in [7, 11) is 1.60. The van der Waals surface area contributed by atoms with Crippen molar-refractivity contribution >= 4 is 17.7 Å². The van der Waals surface area contributed by atoms with Gasteiger partial charge in [0.05, 0.1) is 25.0 Å². The van der Waals surface area contributed by atoms with Crippen molar-refractivity contribution in [3.05, 3.63) is 59.7 Å². The maximum Gasteiger partial charge on any atom is 0.340 e. The number of para-hydroxylation sites is 1. The first kappa shape index (κ1) is 19.3. The van der Waals surface area contributed by atoms with Gasteiger partial charge in [-0.3, -0.25) is 0 Å². The predicted octanol–water partition coefficient (Wildman–Crippen LogP) is 3.97. The molecule has 2 aromatic rings. The summed E-state index contributed by atoms with van der Waals surface area (Å²) in [6.07, 6.45) is 1.75. The van der Waals surface area contributed by atoms with Crippen molar-refractivity contribution < 1.29 is 19.1 Å². The second-order valence-corrected chi connectivity index (χ2v) is 5.69. The van der Waals surface area contributed by atoms with Gasteiger partial charge in [-0.1, -0.05) is 37.6 Å². The SMILES string of the molecule is CCCCOC(=O)c1ccccc1NC(=O)NCc1ccc(OC)cc1. The lowest BCUT2D eigenvalue weighted by molar-refractivity contribution is 0.0501. The molecule has 26 heavy (non-hydrogen) atoms. The Hall–Kier alpha value is -3.02. The fourth-order valence-corrected chi connectivity index (χ4v) is 2.25. The molecule has 2 amide bonds. The van der Waals surface area contributed by atoms with E-state index in [0.29, 0.717) is 24.4 Å². The van der Waals surface area contributed by atoms with Gasteiger partial charge in [-0.05, 0) is 36.2 Å². The van der Waals surface area contributed by atoms with Crippen LogP contribution in [0.3, 0.4) is 0 Å². The lowest BCUT2D eigenvalue weighted by Gasteiger charge is -2.12. The number of amides is 2. The molecule has 0 saturated carbocycles. The lowest BCUT2D eigenvalue weighted by atomic mass is 10.2. The summed E-state index contributed by atoms with van der Waals surface area (Å²) in [4.78, 5) is 24.3. The summed E-state index contributed by atoms with van der Waals surface area (Å²) in [6.45, 7) is 2.75. The minimum Gasteiger partial charge on any atom is -0.497 e. The molecule has 2 N–H and O–H groups in total. The first-order valence-corrected chi connectivity index (χ1v) is 8.58. The van der Waals surface area contributed by atoms with Gasteiger partial charge in [-0.2, -0.15) is 0 Å². The molecule has 0 heterocycles. The third-order valence-corrected chi connectivity index (χ3v) is 3.74. The number of rotatable bonds is 8. The van der Waals surface area contributed by atoms with Crippen molar-refractivity contribution in [1.29, 1.82) is 0 Å². The average molecular weight is 356 g/mol. The number of hydrogen-bond acceptors (Lipinski definition) is 4. The van der Waals surface area contributed by atoms with Crippen LogP contribution < -0.4 is 15.4 Å². The van der Waals surface area contributed by atoms with Crippen LogP contribution in [-0.4, -0.2) is 25.7 Å². The fraction of sp³-hybridized carbons (Fsp3) is 0.300. The van der Waals surface area contributed by atoms with E-state index in [4.69, 9.17) is 9.47 Å². The van der Waals surface area contributed by atoms with Crippen LogP contribution in [0.25, 0.3) is 0 Å². The maximum absolute atomic E-state index is 12.2. The van der Waals surface area contributed by atoms with Gasteiger partial charge in [0.15, 0.2) is 0 Å². The molecular formula is C20H24N2O4. The van der Waals surface area contributed by atoms with E-state index in [1.54, 1.807) is 31.4 Å². The molecule has 0 fully saturated rings. The minimum atomic E-state index is -0.440. The zero-order valence-corrected chi connectivity index (χ0v) is 15.1. The largest absolute Gasteiger partial charge is 0.497 e. The van der Waals surface area contributed by atoms with Crippen molar-refractivity contribution in [3.8, 4) is 5.75 Å². The second kappa shape index (κ2) is 10.1. The second-order valence-electron chi connectivity index (χ2n) is 5.69. The molecule has 2 rings (SSSR count). The van der Waals surface area contributed by atoms with Crippen LogP contribution in [0, 0.1) is 0 Å². The van der Waals surface area contributed by atoms with E-state index in [1.807, 2.05) is 31.2 Å². The van der Waals surface area contributed by atoms with E-state index >= 15 is 0 Å². The van der Waals surface area contributed by atoms with E-state index in [1.165, 1.54) is 0 Å². The summed E-state index contributed by atoms with van der Waals surface area (Å²) >= 11 is 0. The molecule has 0 aliphatic carbocycles.